The Hall–Kier alpha value is -2.96. The first-order valence-electron chi connectivity index (χ1n) is 7.90. The molecule has 1 unspecified atom stereocenters. The molecule has 0 aliphatic rings. The largest absolute Gasteiger partial charge is 0.449 e. The van der Waals surface area contributed by atoms with Gasteiger partial charge in [0, 0.05) is 5.69 Å². The van der Waals surface area contributed by atoms with Crippen molar-refractivity contribution in [3.8, 4) is 5.75 Å². The minimum Gasteiger partial charge on any atom is -0.449 e. The van der Waals surface area contributed by atoms with Crippen LogP contribution in [0.2, 0.25) is 0 Å². The van der Waals surface area contributed by atoms with Gasteiger partial charge in [-0.3, -0.25) is 4.79 Å². The molecule has 0 spiro atoms. The van der Waals surface area contributed by atoms with Crippen molar-refractivity contribution >= 4 is 17.6 Å². The number of carbonyl (C=O) groups excluding carboxylic acids is 2. The molecular weight excluding hydrogens is 344 g/mol. The highest BCUT2D eigenvalue weighted by atomic mass is 19.3. The molecule has 0 saturated carbocycles. The Balaban J connectivity index is 2.02. The van der Waals surface area contributed by atoms with E-state index in [1.165, 1.54) is 25.1 Å². The number of amides is 1. The van der Waals surface area contributed by atoms with E-state index in [9.17, 15) is 18.4 Å². The van der Waals surface area contributed by atoms with Gasteiger partial charge in [-0.05, 0) is 56.2 Å². The summed E-state index contributed by atoms with van der Waals surface area (Å²) in [6.45, 7) is 2.18. The van der Waals surface area contributed by atoms with Gasteiger partial charge in [0.1, 0.15) is 5.75 Å². The van der Waals surface area contributed by atoms with Crippen molar-refractivity contribution < 1.29 is 27.8 Å². The summed E-state index contributed by atoms with van der Waals surface area (Å²) in [5, 5.41) is 2.71. The molecule has 1 amide bonds. The first kappa shape index (κ1) is 19.4. The summed E-state index contributed by atoms with van der Waals surface area (Å²) < 4.78 is 33.8. The lowest BCUT2D eigenvalue weighted by molar-refractivity contribution is -0.123. The molecule has 5 nitrogen and oxygen atoms in total. The molecule has 2 rings (SSSR count). The number of alkyl halides is 2. The van der Waals surface area contributed by atoms with Crippen molar-refractivity contribution in [3.63, 3.8) is 0 Å². The first-order valence-corrected chi connectivity index (χ1v) is 7.90. The number of ether oxygens (including phenoxy) is 2. The molecule has 0 saturated heterocycles. The number of nitrogens with one attached hydrogen (secondary N) is 1. The maximum atomic E-state index is 12.2. The van der Waals surface area contributed by atoms with Gasteiger partial charge in [0.2, 0.25) is 0 Å². The van der Waals surface area contributed by atoms with E-state index in [-0.39, 0.29) is 11.3 Å². The molecule has 2 aromatic carbocycles. The van der Waals surface area contributed by atoms with Gasteiger partial charge in [0.15, 0.2) is 6.10 Å². The average Bonchev–Trinajstić information content (AvgIpc) is 2.57. The number of hydrogen-bond donors (Lipinski definition) is 1. The third-order valence-electron chi connectivity index (χ3n) is 3.60. The van der Waals surface area contributed by atoms with Crippen LogP contribution in [0.5, 0.6) is 5.75 Å². The second-order valence-electron chi connectivity index (χ2n) is 5.76. The average molecular weight is 363 g/mol. The minimum absolute atomic E-state index is 0.00883. The molecule has 1 N–H and O–H groups in total. The SMILES string of the molecule is Cc1ccc(C)c(NC(=O)C(C)OC(=O)c2cccc(OC(F)F)c2)c1. The summed E-state index contributed by atoms with van der Waals surface area (Å²) >= 11 is 0. The second-order valence-corrected chi connectivity index (χ2v) is 5.76. The zero-order valence-corrected chi connectivity index (χ0v) is 14.6. The molecule has 0 aromatic heterocycles. The number of halogens is 2. The maximum absolute atomic E-state index is 12.2. The second kappa shape index (κ2) is 8.42. The Bertz CT molecular complexity index is 808. The van der Waals surface area contributed by atoms with Crippen molar-refractivity contribution in [1.82, 2.24) is 0 Å². The Labute approximate surface area is 149 Å². The molecule has 0 fully saturated rings. The molecule has 138 valence electrons. The summed E-state index contributed by atoms with van der Waals surface area (Å²) in [4.78, 5) is 24.4. The van der Waals surface area contributed by atoms with Gasteiger partial charge in [-0.15, -0.1) is 0 Å². The summed E-state index contributed by atoms with van der Waals surface area (Å²) in [6.07, 6.45) is -1.07. The van der Waals surface area contributed by atoms with E-state index in [2.05, 4.69) is 10.1 Å². The fourth-order valence-corrected chi connectivity index (χ4v) is 2.19. The molecule has 0 aliphatic heterocycles. The van der Waals surface area contributed by atoms with Crippen LogP contribution in [-0.4, -0.2) is 24.6 Å². The topological polar surface area (TPSA) is 64.6 Å². The molecule has 7 heteroatoms. The van der Waals surface area contributed by atoms with Crippen molar-refractivity contribution in [2.24, 2.45) is 0 Å². The van der Waals surface area contributed by atoms with Crippen molar-refractivity contribution in [2.75, 3.05) is 5.32 Å². The third kappa shape index (κ3) is 5.27. The van der Waals surface area contributed by atoms with Gasteiger partial charge in [-0.25, -0.2) is 4.79 Å². The fourth-order valence-electron chi connectivity index (χ4n) is 2.19. The quantitative estimate of drug-likeness (QED) is 0.785. The smallest absolute Gasteiger partial charge is 0.387 e. The third-order valence-corrected chi connectivity index (χ3v) is 3.60. The lowest BCUT2D eigenvalue weighted by atomic mass is 10.1. The van der Waals surface area contributed by atoms with Crippen molar-refractivity contribution in [2.45, 2.75) is 33.5 Å². The van der Waals surface area contributed by atoms with Gasteiger partial charge in [0.25, 0.3) is 5.91 Å². The molecule has 0 bridgehead atoms. The zero-order chi connectivity index (χ0) is 19.3. The first-order chi connectivity index (χ1) is 12.3. The lowest BCUT2D eigenvalue weighted by Gasteiger charge is -2.15. The highest BCUT2D eigenvalue weighted by Crippen LogP contribution is 2.19. The van der Waals surface area contributed by atoms with E-state index < -0.39 is 24.6 Å². The molecule has 1 atom stereocenters. The van der Waals surface area contributed by atoms with Crippen molar-refractivity contribution in [3.05, 3.63) is 59.2 Å². The Morgan fingerprint density at radius 2 is 1.81 bits per heavy atom. The summed E-state index contributed by atoms with van der Waals surface area (Å²) in [6, 6.07) is 10.8. The van der Waals surface area contributed by atoms with E-state index in [0.717, 1.165) is 17.2 Å². The van der Waals surface area contributed by atoms with Gasteiger partial charge < -0.3 is 14.8 Å². The van der Waals surface area contributed by atoms with E-state index in [4.69, 9.17) is 4.74 Å². The van der Waals surface area contributed by atoms with Crippen LogP contribution in [0.15, 0.2) is 42.5 Å². The Kier molecular flexibility index (Phi) is 6.27. The number of hydrogen-bond acceptors (Lipinski definition) is 4. The number of aryl methyl sites for hydroxylation is 2. The van der Waals surface area contributed by atoms with Crippen molar-refractivity contribution in [1.29, 1.82) is 0 Å². The predicted molar refractivity (Wildman–Crippen MR) is 92.5 cm³/mol. The van der Waals surface area contributed by atoms with Crippen LogP contribution in [0.25, 0.3) is 0 Å². The molecule has 26 heavy (non-hydrogen) atoms. The number of esters is 1. The Morgan fingerprint density at radius 3 is 2.50 bits per heavy atom. The van der Waals surface area contributed by atoms with Crippen LogP contribution in [-0.2, 0) is 9.53 Å². The maximum Gasteiger partial charge on any atom is 0.387 e. The Morgan fingerprint density at radius 1 is 1.08 bits per heavy atom. The molecular formula is C19H19F2NO4. The summed E-state index contributed by atoms with van der Waals surface area (Å²) in [5.41, 5.74) is 2.49. The monoisotopic (exact) mass is 363 g/mol. The molecule has 2 aromatic rings. The van der Waals surface area contributed by atoms with E-state index in [1.807, 2.05) is 32.0 Å². The molecule has 0 aliphatic carbocycles. The highest BCUT2D eigenvalue weighted by Gasteiger charge is 2.20. The molecule has 0 heterocycles. The zero-order valence-electron chi connectivity index (χ0n) is 14.6. The number of rotatable bonds is 6. The predicted octanol–water partition coefficient (Wildman–Crippen LogP) is 4.09. The van der Waals surface area contributed by atoms with Gasteiger partial charge >= 0.3 is 12.6 Å². The van der Waals surface area contributed by atoms with E-state index >= 15 is 0 Å². The number of anilines is 1. The van der Waals surface area contributed by atoms with Crippen LogP contribution in [0.3, 0.4) is 0 Å². The normalized spacial score (nSPS) is 11.8. The van der Waals surface area contributed by atoms with Gasteiger partial charge in [0.05, 0.1) is 5.56 Å². The van der Waals surface area contributed by atoms with E-state index in [0.29, 0.717) is 5.69 Å². The van der Waals surface area contributed by atoms with E-state index in [1.54, 1.807) is 0 Å². The number of benzene rings is 2. The lowest BCUT2D eigenvalue weighted by Crippen LogP contribution is -2.30. The molecule has 0 radical (unpaired) electrons. The minimum atomic E-state index is -3.00. The summed E-state index contributed by atoms with van der Waals surface area (Å²) in [7, 11) is 0. The highest BCUT2D eigenvalue weighted by molar-refractivity contribution is 5.97. The van der Waals surface area contributed by atoms with Crippen LogP contribution >= 0.6 is 0 Å². The van der Waals surface area contributed by atoms with Gasteiger partial charge in [-0.1, -0.05) is 18.2 Å². The van der Waals surface area contributed by atoms with Crippen LogP contribution in [0.4, 0.5) is 14.5 Å². The standard InChI is InChI=1S/C19H19F2NO4/c1-11-7-8-12(2)16(9-11)22-17(23)13(3)25-18(24)14-5-4-6-15(10-14)26-19(20)21/h4-10,13,19H,1-3H3,(H,22,23). The summed E-state index contributed by atoms with van der Waals surface area (Å²) in [5.74, 6) is -1.47. The van der Waals surface area contributed by atoms with Crippen LogP contribution in [0, 0.1) is 13.8 Å². The van der Waals surface area contributed by atoms with Gasteiger partial charge in [-0.2, -0.15) is 8.78 Å². The van der Waals surface area contributed by atoms with Crippen LogP contribution in [0.1, 0.15) is 28.4 Å². The fraction of sp³-hybridized carbons (Fsp3) is 0.263. The number of carbonyl (C=O) groups is 2. The van der Waals surface area contributed by atoms with Crippen LogP contribution < -0.4 is 10.1 Å².